The van der Waals surface area contributed by atoms with E-state index in [1.54, 1.807) is 36.7 Å². The van der Waals surface area contributed by atoms with Crippen molar-refractivity contribution in [2.75, 3.05) is 0 Å². The third-order valence-corrected chi connectivity index (χ3v) is 9.10. The summed E-state index contributed by atoms with van der Waals surface area (Å²) < 4.78 is 58.9. The fraction of sp³-hybridized carbons (Fsp3) is 0.0333. The molecule has 0 fully saturated rings. The summed E-state index contributed by atoms with van der Waals surface area (Å²) in [6, 6.07) is 39.6. The number of fused-ring (bicyclic) bond motifs is 3. The molecule has 1 aliphatic carbocycles. The molecule has 0 aliphatic heterocycles. The molecule has 0 spiro atoms. The zero-order valence-electron chi connectivity index (χ0n) is 21.5. The summed E-state index contributed by atoms with van der Waals surface area (Å²) in [5.74, 6) is 0.0243. The number of pyridine rings is 2. The van der Waals surface area contributed by atoms with Crippen LogP contribution in [0.5, 0.6) is 0 Å². The molecule has 0 atom stereocenters. The van der Waals surface area contributed by atoms with E-state index in [1.165, 1.54) is 15.9 Å². The number of carbonyl (C=O) groups is 1. The van der Waals surface area contributed by atoms with Crippen LogP contribution in [0.2, 0.25) is 0 Å². The van der Waals surface area contributed by atoms with Crippen LogP contribution in [0.3, 0.4) is 0 Å². The SMILES string of the molecule is O=C1c2cccnc2-c2ncccc21.O=S(=O)([O-])C(F)(F)F.[Ag+].c1ccc([PH+](c2ccccc2)c2ccccc2)cc1. The molecule has 0 amide bonds. The molecule has 5 aromatic rings. The predicted molar refractivity (Wildman–Crippen MR) is 153 cm³/mol. The molecule has 218 valence electrons. The van der Waals surface area contributed by atoms with E-state index in [9.17, 15) is 18.0 Å². The van der Waals surface area contributed by atoms with Crippen molar-refractivity contribution in [3.05, 3.63) is 139 Å². The Hall–Kier alpha value is -3.50. The van der Waals surface area contributed by atoms with Gasteiger partial charge in [-0.3, -0.25) is 14.8 Å². The standard InChI is InChI=1S/C18H15P.C11H6N2O.CHF3O3S.Ag/c1-4-10-16(11-5-1)19(17-12-6-2-7-13-17)18-14-8-3-9-15-18;14-11-7-3-1-5-12-9(7)10-8(11)4-2-6-13-10;2-1(3,4)8(5,6)7;/h1-15H;1-6H;(H,5,6,7);/q;;;+1. The number of ketones is 1. The maximum atomic E-state index is 11.8. The molecule has 2 heterocycles. The molecule has 3 aromatic carbocycles. The molecular weight excluding hydrogens is 680 g/mol. The van der Waals surface area contributed by atoms with E-state index < -0.39 is 23.5 Å². The quantitative estimate of drug-likeness (QED) is 0.113. The van der Waals surface area contributed by atoms with Crippen molar-refractivity contribution in [2.24, 2.45) is 0 Å². The molecule has 12 heteroatoms. The van der Waals surface area contributed by atoms with Crippen LogP contribution >= 0.6 is 7.92 Å². The van der Waals surface area contributed by atoms with Gasteiger partial charge in [0.25, 0.3) is 0 Å². The zero-order valence-corrected chi connectivity index (χ0v) is 24.8. The number of benzene rings is 3. The summed E-state index contributed by atoms with van der Waals surface area (Å²) in [4.78, 5) is 20.1. The van der Waals surface area contributed by atoms with Crippen LogP contribution < -0.4 is 15.9 Å². The normalized spacial score (nSPS) is 11.6. The van der Waals surface area contributed by atoms with E-state index in [2.05, 4.69) is 101 Å². The zero-order chi connectivity index (χ0) is 29.5. The summed E-state index contributed by atoms with van der Waals surface area (Å²) in [7, 11) is -6.97. The van der Waals surface area contributed by atoms with Crippen LogP contribution in [0.4, 0.5) is 13.2 Å². The van der Waals surface area contributed by atoms with Crippen molar-refractivity contribution in [1.82, 2.24) is 9.97 Å². The second-order valence-electron chi connectivity index (χ2n) is 8.50. The van der Waals surface area contributed by atoms with Crippen LogP contribution in [0.25, 0.3) is 11.4 Å². The minimum Gasteiger partial charge on any atom is -0.741 e. The predicted octanol–water partition coefficient (Wildman–Crippen LogP) is 4.91. The van der Waals surface area contributed by atoms with Crippen molar-refractivity contribution < 1.29 is 53.3 Å². The molecular formula is C30H22AgF3N2O4PS+. The fourth-order valence-corrected chi connectivity index (χ4v) is 6.59. The Morgan fingerprint density at radius 1 is 0.595 bits per heavy atom. The number of halogens is 3. The van der Waals surface area contributed by atoms with Crippen LogP contribution in [-0.2, 0) is 32.5 Å². The van der Waals surface area contributed by atoms with E-state index in [1.807, 2.05) is 0 Å². The molecule has 0 saturated heterocycles. The minimum absolute atomic E-state index is 0. The summed E-state index contributed by atoms with van der Waals surface area (Å²) in [6.07, 6.45) is 3.35. The van der Waals surface area contributed by atoms with E-state index >= 15 is 0 Å². The van der Waals surface area contributed by atoms with Crippen LogP contribution in [0, 0.1) is 0 Å². The largest absolute Gasteiger partial charge is 1.00 e. The summed E-state index contributed by atoms with van der Waals surface area (Å²) in [5, 5.41) is 4.31. The van der Waals surface area contributed by atoms with Crippen LogP contribution in [0.15, 0.2) is 128 Å². The van der Waals surface area contributed by atoms with Gasteiger partial charge in [-0.15, -0.1) is 0 Å². The fourth-order valence-electron chi connectivity index (χ4n) is 4.01. The first kappa shape index (κ1) is 33.0. The molecule has 0 saturated carbocycles. The average molecular weight is 702 g/mol. The summed E-state index contributed by atoms with van der Waals surface area (Å²) in [6.45, 7) is 0. The molecule has 6 rings (SSSR count). The van der Waals surface area contributed by atoms with Gasteiger partial charge < -0.3 is 4.55 Å². The smallest absolute Gasteiger partial charge is 0.741 e. The third-order valence-electron chi connectivity index (χ3n) is 5.80. The number of alkyl halides is 3. The maximum absolute atomic E-state index is 11.8. The van der Waals surface area contributed by atoms with Gasteiger partial charge in [0.2, 0.25) is 0 Å². The second-order valence-corrected chi connectivity index (χ2v) is 12.4. The average Bonchev–Trinajstić information content (AvgIpc) is 3.27. The van der Waals surface area contributed by atoms with Gasteiger partial charge in [-0.2, -0.15) is 13.2 Å². The van der Waals surface area contributed by atoms with Crippen LogP contribution in [0.1, 0.15) is 15.9 Å². The molecule has 0 N–H and O–H groups in total. The van der Waals surface area contributed by atoms with Gasteiger partial charge in [-0.1, -0.05) is 54.6 Å². The maximum Gasteiger partial charge on any atom is 1.00 e. The van der Waals surface area contributed by atoms with E-state index in [0.29, 0.717) is 22.5 Å². The Balaban J connectivity index is 0.000000186. The number of carbonyl (C=O) groups excluding carboxylic acids is 1. The Labute approximate surface area is 257 Å². The Morgan fingerprint density at radius 2 is 0.905 bits per heavy atom. The Morgan fingerprint density at radius 3 is 1.19 bits per heavy atom. The number of hydrogen-bond donors (Lipinski definition) is 0. The van der Waals surface area contributed by atoms with Gasteiger partial charge >= 0.3 is 27.9 Å². The van der Waals surface area contributed by atoms with Crippen molar-refractivity contribution >= 4 is 39.7 Å². The summed E-state index contributed by atoms with van der Waals surface area (Å²) >= 11 is 0. The molecule has 1 aliphatic rings. The molecule has 6 nitrogen and oxygen atoms in total. The van der Waals surface area contributed by atoms with E-state index in [-0.39, 0.29) is 28.2 Å². The molecule has 42 heavy (non-hydrogen) atoms. The Kier molecular flexibility index (Phi) is 11.5. The van der Waals surface area contributed by atoms with E-state index in [0.717, 1.165) is 0 Å². The molecule has 0 unspecified atom stereocenters. The van der Waals surface area contributed by atoms with Gasteiger partial charge in [-0.05, 0) is 60.7 Å². The number of aromatic nitrogens is 2. The van der Waals surface area contributed by atoms with Gasteiger partial charge in [0.05, 0.1) is 19.0 Å². The van der Waals surface area contributed by atoms with Crippen molar-refractivity contribution in [3.8, 4) is 11.4 Å². The second kappa shape index (κ2) is 14.6. The first-order valence-electron chi connectivity index (χ1n) is 12.1. The number of nitrogens with zero attached hydrogens (tertiary/aromatic N) is 2. The third kappa shape index (κ3) is 8.07. The van der Waals surface area contributed by atoms with Crippen molar-refractivity contribution in [3.63, 3.8) is 0 Å². The number of rotatable bonds is 3. The first-order chi connectivity index (χ1) is 19.6. The monoisotopic (exact) mass is 701 g/mol. The minimum atomic E-state index is -6.09. The van der Waals surface area contributed by atoms with Crippen molar-refractivity contribution in [1.29, 1.82) is 0 Å². The van der Waals surface area contributed by atoms with E-state index in [4.69, 9.17) is 13.0 Å². The molecule has 0 bridgehead atoms. The Bertz CT molecular complexity index is 1590. The van der Waals surface area contributed by atoms with Gasteiger partial charge in [0, 0.05) is 12.4 Å². The van der Waals surface area contributed by atoms with Crippen molar-refractivity contribution in [2.45, 2.75) is 5.51 Å². The molecule has 0 radical (unpaired) electrons. The molecule has 2 aromatic heterocycles. The number of hydrogen-bond acceptors (Lipinski definition) is 6. The first-order valence-corrected chi connectivity index (χ1v) is 15.0. The van der Waals surface area contributed by atoms with Crippen LogP contribution in [-0.4, -0.2) is 34.2 Å². The van der Waals surface area contributed by atoms with Gasteiger partial charge in [0.1, 0.15) is 27.3 Å². The van der Waals surface area contributed by atoms with Gasteiger partial charge in [0.15, 0.2) is 15.9 Å². The summed E-state index contributed by atoms with van der Waals surface area (Å²) in [5.41, 5.74) is -2.93. The topological polar surface area (TPSA) is 100 Å². The van der Waals surface area contributed by atoms with Gasteiger partial charge in [-0.25, -0.2) is 8.42 Å².